The molecule has 1 aromatic heterocycles. The first kappa shape index (κ1) is 19.7. The molecule has 4 aliphatic rings. The molecule has 4 heterocycles. The van der Waals surface area contributed by atoms with Crippen molar-refractivity contribution < 1.29 is 4.39 Å². The van der Waals surface area contributed by atoms with E-state index in [1.807, 2.05) is 6.20 Å². The fraction of sp³-hybridized carbons (Fsp3) is 0.792. The molecule has 3 aliphatic heterocycles. The molecular weight excluding hydrogens is 363 g/mol. The van der Waals surface area contributed by atoms with Gasteiger partial charge in [0.05, 0.1) is 0 Å². The maximum Gasteiger partial charge on any atom is 0.128 e. The fourth-order valence-electron chi connectivity index (χ4n) is 5.84. The number of hydrogen-bond acceptors (Lipinski definition) is 4. The van der Waals surface area contributed by atoms with E-state index in [0.717, 1.165) is 44.6 Å². The van der Waals surface area contributed by atoms with E-state index >= 15 is 0 Å². The van der Waals surface area contributed by atoms with E-state index in [1.165, 1.54) is 63.6 Å². The van der Waals surface area contributed by atoms with Gasteiger partial charge in [-0.2, -0.15) is 0 Å². The molecule has 160 valence electrons. The maximum absolute atomic E-state index is 13.3. The van der Waals surface area contributed by atoms with Gasteiger partial charge in [-0.15, -0.1) is 0 Å². The van der Waals surface area contributed by atoms with Crippen LogP contribution in [0.2, 0.25) is 0 Å². The van der Waals surface area contributed by atoms with E-state index in [9.17, 15) is 4.39 Å². The molecule has 1 saturated carbocycles. The Labute approximate surface area is 175 Å². The van der Waals surface area contributed by atoms with Crippen LogP contribution in [0.5, 0.6) is 0 Å². The second kappa shape index (κ2) is 8.50. The van der Waals surface area contributed by atoms with Crippen molar-refractivity contribution in [2.24, 2.45) is 5.41 Å². The average molecular weight is 401 g/mol. The number of nitrogens with zero attached hydrogens (tertiary/aromatic N) is 4. The summed E-state index contributed by atoms with van der Waals surface area (Å²) in [6.45, 7) is 7.61. The summed E-state index contributed by atoms with van der Waals surface area (Å²) in [7, 11) is 0. The Kier molecular flexibility index (Phi) is 5.79. The standard InChI is InChI=1S/C24H37FN4/c25-21-6-12-27(13-7-21)19-20-4-5-23(26-18-20)29-16-10-24(11-17-29)8-14-28(15-9-24)22-2-1-3-22/h4-5,18,21-22H,1-3,6-17,19H2. The lowest BCUT2D eigenvalue weighted by atomic mass is 9.70. The molecule has 4 nitrogen and oxygen atoms in total. The van der Waals surface area contributed by atoms with Crippen LogP contribution >= 0.6 is 0 Å². The van der Waals surface area contributed by atoms with Gasteiger partial charge in [-0.25, -0.2) is 9.37 Å². The van der Waals surface area contributed by atoms with Gasteiger partial charge < -0.3 is 9.80 Å². The highest BCUT2D eigenvalue weighted by Crippen LogP contribution is 2.43. The molecule has 0 bridgehead atoms. The zero-order chi connectivity index (χ0) is 19.7. The number of rotatable bonds is 4. The molecule has 1 aliphatic carbocycles. The summed E-state index contributed by atoms with van der Waals surface area (Å²) in [5.74, 6) is 1.14. The summed E-state index contributed by atoms with van der Waals surface area (Å²) < 4.78 is 13.3. The summed E-state index contributed by atoms with van der Waals surface area (Å²) in [5.41, 5.74) is 1.85. The second-order valence-electron chi connectivity index (χ2n) is 10.1. The lowest BCUT2D eigenvalue weighted by molar-refractivity contribution is 0.0305. The van der Waals surface area contributed by atoms with Crippen molar-refractivity contribution in [1.82, 2.24) is 14.8 Å². The smallest absolute Gasteiger partial charge is 0.128 e. The lowest BCUT2D eigenvalue weighted by Gasteiger charge is -2.50. The quantitative estimate of drug-likeness (QED) is 0.753. The van der Waals surface area contributed by atoms with Gasteiger partial charge >= 0.3 is 0 Å². The minimum Gasteiger partial charge on any atom is -0.357 e. The van der Waals surface area contributed by atoms with Crippen LogP contribution in [0.25, 0.3) is 0 Å². The molecule has 1 spiro atoms. The third-order valence-corrected chi connectivity index (χ3v) is 8.33. The molecule has 0 N–H and O–H groups in total. The molecule has 3 saturated heterocycles. The summed E-state index contributed by atoms with van der Waals surface area (Å²) in [6.07, 6.45) is 12.6. The summed E-state index contributed by atoms with van der Waals surface area (Å²) in [6, 6.07) is 5.35. The van der Waals surface area contributed by atoms with Crippen LogP contribution in [0.1, 0.15) is 63.4 Å². The molecule has 0 amide bonds. The van der Waals surface area contributed by atoms with Crippen LogP contribution < -0.4 is 4.90 Å². The first-order valence-corrected chi connectivity index (χ1v) is 12.0. The van der Waals surface area contributed by atoms with Crippen LogP contribution in [0.4, 0.5) is 10.2 Å². The van der Waals surface area contributed by atoms with Crippen molar-refractivity contribution in [3.05, 3.63) is 23.9 Å². The van der Waals surface area contributed by atoms with E-state index in [4.69, 9.17) is 4.98 Å². The van der Waals surface area contributed by atoms with E-state index in [-0.39, 0.29) is 0 Å². The number of anilines is 1. The van der Waals surface area contributed by atoms with Gasteiger partial charge in [0.2, 0.25) is 0 Å². The number of piperidine rings is 3. The number of pyridine rings is 1. The molecular formula is C24H37FN4. The van der Waals surface area contributed by atoms with Crippen molar-refractivity contribution >= 4 is 5.82 Å². The molecule has 0 unspecified atom stereocenters. The lowest BCUT2D eigenvalue weighted by Crippen LogP contribution is -2.51. The van der Waals surface area contributed by atoms with Crippen LogP contribution in [-0.4, -0.2) is 66.3 Å². The van der Waals surface area contributed by atoms with Gasteiger partial charge in [0.15, 0.2) is 0 Å². The van der Waals surface area contributed by atoms with Crippen molar-refractivity contribution in [1.29, 1.82) is 0 Å². The number of likely N-dealkylation sites (tertiary alicyclic amines) is 2. The van der Waals surface area contributed by atoms with E-state index < -0.39 is 6.17 Å². The van der Waals surface area contributed by atoms with Crippen molar-refractivity contribution in [3.8, 4) is 0 Å². The SMILES string of the molecule is FC1CCN(Cc2ccc(N3CCC4(CC3)CCN(C3CCC3)CC4)nc2)CC1. The molecule has 1 aromatic rings. The Hall–Kier alpha value is -1.20. The number of hydrogen-bond donors (Lipinski definition) is 0. The van der Waals surface area contributed by atoms with Gasteiger partial charge in [-0.3, -0.25) is 4.90 Å². The van der Waals surface area contributed by atoms with Gasteiger partial charge in [-0.1, -0.05) is 12.5 Å². The Morgan fingerprint density at radius 2 is 1.59 bits per heavy atom. The molecule has 0 aromatic carbocycles. The monoisotopic (exact) mass is 400 g/mol. The van der Waals surface area contributed by atoms with Crippen molar-refractivity contribution in [2.45, 2.75) is 76.5 Å². The maximum atomic E-state index is 13.3. The Bertz CT molecular complexity index is 648. The minimum atomic E-state index is -0.598. The van der Waals surface area contributed by atoms with Gasteiger partial charge in [0.25, 0.3) is 0 Å². The molecule has 4 fully saturated rings. The van der Waals surface area contributed by atoms with Crippen molar-refractivity contribution in [3.63, 3.8) is 0 Å². The Morgan fingerprint density at radius 1 is 0.897 bits per heavy atom. The van der Waals surface area contributed by atoms with Crippen LogP contribution in [-0.2, 0) is 6.54 Å². The highest BCUT2D eigenvalue weighted by Gasteiger charge is 2.39. The van der Waals surface area contributed by atoms with Crippen LogP contribution in [0.3, 0.4) is 0 Å². The normalized spacial score (nSPS) is 27.3. The topological polar surface area (TPSA) is 22.6 Å². The Balaban J connectivity index is 1.10. The van der Waals surface area contributed by atoms with Crippen LogP contribution in [0.15, 0.2) is 18.3 Å². The first-order valence-electron chi connectivity index (χ1n) is 12.0. The largest absolute Gasteiger partial charge is 0.357 e. The fourth-order valence-corrected chi connectivity index (χ4v) is 5.84. The van der Waals surface area contributed by atoms with Gasteiger partial charge in [-0.05, 0) is 81.5 Å². The Morgan fingerprint density at radius 3 is 2.17 bits per heavy atom. The number of halogens is 1. The molecule has 29 heavy (non-hydrogen) atoms. The minimum absolute atomic E-state index is 0.596. The number of alkyl halides is 1. The van der Waals surface area contributed by atoms with E-state index in [0.29, 0.717) is 18.3 Å². The summed E-state index contributed by atoms with van der Waals surface area (Å²) in [4.78, 5) is 12.4. The predicted octanol–water partition coefficient (Wildman–Crippen LogP) is 4.25. The average Bonchev–Trinajstić information content (AvgIpc) is 2.72. The highest BCUT2D eigenvalue weighted by molar-refractivity contribution is 5.40. The van der Waals surface area contributed by atoms with E-state index in [2.05, 4.69) is 26.8 Å². The highest BCUT2D eigenvalue weighted by atomic mass is 19.1. The molecule has 0 radical (unpaired) electrons. The zero-order valence-corrected chi connectivity index (χ0v) is 17.9. The third kappa shape index (κ3) is 4.46. The summed E-state index contributed by atoms with van der Waals surface area (Å²) in [5, 5.41) is 0. The first-order chi connectivity index (χ1) is 14.2. The van der Waals surface area contributed by atoms with Gasteiger partial charge in [0.1, 0.15) is 12.0 Å². The predicted molar refractivity (Wildman–Crippen MR) is 116 cm³/mol. The van der Waals surface area contributed by atoms with E-state index in [1.54, 1.807) is 0 Å². The second-order valence-corrected chi connectivity index (χ2v) is 10.1. The number of aromatic nitrogens is 1. The molecule has 5 heteroatoms. The van der Waals surface area contributed by atoms with Crippen molar-refractivity contribution in [2.75, 3.05) is 44.2 Å². The summed E-state index contributed by atoms with van der Waals surface area (Å²) >= 11 is 0. The zero-order valence-electron chi connectivity index (χ0n) is 17.9. The van der Waals surface area contributed by atoms with Gasteiger partial charge in [0, 0.05) is 45.0 Å². The third-order valence-electron chi connectivity index (χ3n) is 8.33. The van der Waals surface area contributed by atoms with Crippen LogP contribution in [0, 0.1) is 5.41 Å². The molecule has 5 rings (SSSR count). The molecule has 0 atom stereocenters.